The Hall–Kier alpha value is -1.10. The molecule has 22 heavy (non-hydrogen) atoms. The second-order valence-electron chi connectivity index (χ2n) is 7.82. The first-order valence-electron chi connectivity index (χ1n) is 8.98. The molecule has 4 atom stereocenters. The lowest BCUT2D eigenvalue weighted by molar-refractivity contribution is -0.134. The smallest absolute Gasteiger partial charge is 0.225 e. The molecule has 0 radical (unpaired) electrons. The zero-order chi connectivity index (χ0) is 15.3. The quantitative estimate of drug-likeness (QED) is 0.812. The average molecular weight is 305 g/mol. The van der Waals surface area contributed by atoms with E-state index >= 15 is 0 Å². The van der Waals surface area contributed by atoms with Crippen LogP contribution in [-0.2, 0) is 9.59 Å². The van der Waals surface area contributed by atoms with Crippen LogP contribution in [0.4, 0.5) is 0 Å². The number of rotatable bonds is 3. The minimum absolute atomic E-state index is 0.0323. The zero-order valence-corrected chi connectivity index (χ0v) is 13.2. The summed E-state index contributed by atoms with van der Waals surface area (Å²) in [4.78, 5) is 26.6. The topological polar surface area (TPSA) is 75.4 Å². The molecule has 3 saturated carbocycles. The maximum atomic E-state index is 12.6. The normalized spacial score (nSPS) is 38.3. The molecule has 3 aliphatic carbocycles. The van der Waals surface area contributed by atoms with E-state index in [4.69, 9.17) is 5.73 Å². The van der Waals surface area contributed by atoms with E-state index < -0.39 is 0 Å². The van der Waals surface area contributed by atoms with Gasteiger partial charge < -0.3 is 16.0 Å². The highest BCUT2D eigenvalue weighted by Crippen LogP contribution is 2.47. The third-order valence-corrected chi connectivity index (χ3v) is 6.36. The number of nitrogens with zero attached hydrogens (tertiary/aromatic N) is 1. The van der Waals surface area contributed by atoms with Crippen molar-refractivity contribution < 1.29 is 9.59 Å². The molecule has 1 aliphatic heterocycles. The van der Waals surface area contributed by atoms with Gasteiger partial charge in [0.2, 0.25) is 11.8 Å². The standard InChI is InChI=1S/C17H27N3O2/c18-15-12-4-3-11(9-12)14(15)16(21)19-13-5-7-20(8-6-13)17(22)10-1-2-10/h10-15H,1-9,18H2,(H,19,21). The summed E-state index contributed by atoms with van der Waals surface area (Å²) in [5.74, 6) is 1.92. The molecule has 4 unspecified atom stereocenters. The predicted octanol–water partition coefficient (Wildman–Crippen LogP) is 0.877. The second-order valence-corrected chi connectivity index (χ2v) is 7.82. The molecule has 4 aliphatic rings. The summed E-state index contributed by atoms with van der Waals surface area (Å²) in [6, 6.07) is 0.289. The number of nitrogens with one attached hydrogen (secondary N) is 1. The Bertz CT molecular complexity index is 467. The van der Waals surface area contributed by atoms with Gasteiger partial charge in [-0.15, -0.1) is 0 Å². The number of nitrogens with two attached hydrogens (primary N) is 1. The van der Waals surface area contributed by atoms with Crippen molar-refractivity contribution in [3.8, 4) is 0 Å². The fraction of sp³-hybridized carbons (Fsp3) is 0.882. The SMILES string of the molecule is NC1C2CCC(C2)C1C(=O)NC1CCN(C(=O)C2CC2)CC1. The molecule has 1 saturated heterocycles. The summed E-state index contributed by atoms with van der Waals surface area (Å²) in [6.07, 6.45) is 7.44. The minimum Gasteiger partial charge on any atom is -0.353 e. The minimum atomic E-state index is 0.0323. The summed E-state index contributed by atoms with van der Waals surface area (Å²) in [6.45, 7) is 1.59. The third-order valence-electron chi connectivity index (χ3n) is 6.36. The molecule has 122 valence electrons. The van der Waals surface area contributed by atoms with Gasteiger partial charge in [-0.1, -0.05) is 0 Å². The van der Waals surface area contributed by atoms with E-state index in [0.717, 1.165) is 45.2 Å². The van der Waals surface area contributed by atoms with Crippen LogP contribution in [0.1, 0.15) is 44.9 Å². The van der Waals surface area contributed by atoms with Crippen molar-refractivity contribution in [3.05, 3.63) is 0 Å². The Morgan fingerprint density at radius 2 is 1.64 bits per heavy atom. The van der Waals surface area contributed by atoms with Gasteiger partial charge in [0.25, 0.3) is 0 Å². The first-order valence-corrected chi connectivity index (χ1v) is 8.98. The highest BCUT2D eigenvalue weighted by Gasteiger charge is 2.49. The van der Waals surface area contributed by atoms with Crippen molar-refractivity contribution in [1.82, 2.24) is 10.2 Å². The molecule has 5 heteroatoms. The Morgan fingerprint density at radius 3 is 2.23 bits per heavy atom. The molecule has 0 aromatic carbocycles. The summed E-state index contributed by atoms with van der Waals surface area (Å²) in [5, 5.41) is 3.22. The Kier molecular flexibility index (Phi) is 3.63. The fourth-order valence-electron chi connectivity index (χ4n) is 4.85. The Labute approximate surface area is 132 Å². The number of likely N-dealkylation sites (tertiary alicyclic amines) is 1. The van der Waals surface area contributed by atoms with Crippen LogP contribution < -0.4 is 11.1 Å². The molecule has 2 bridgehead atoms. The molecule has 2 amide bonds. The van der Waals surface area contributed by atoms with Crippen LogP contribution in [0.5, 0.6) is 0 Å². The van der Waals surface area contributed by atoms with E-state index in [1.807, 2.05) is 4.90 Å². The van der Waals surface area contributed by atoms with Gasteiger partial charge in [0.1, 0.15) is 0 Å². The highest BCUT2D eigenvalue weighted by molar-refractivity contribution is 5.82. The summed E-state index contributed by atoms with van der Waals surface area (Å²) in [5.41, 5.74) is 6.26. The van der Waals surface area contributed by atoms with E-state index in [1.54, 1.807) is 0 Å². The van der Waals surface area contributed by atoms with Crippen molar-refractivity contribution in [1.29, 1.82) is 0 Å². The van der Waals surface area contributed by atoms with Gasteiger partial charge in [-0.25, -0.2) is 0 Å². The number of piperidine rings is 1. The monoisotopic (exact) mass is 305 g/mol. The van der Waals surface area contributed by atoms with Crippen LogP contribution in [0.3, 0.4) is 0 Å². The lowest BCUT2D eigenvalue weighted by Crippen LogP contribution is -2.51. The van der Waals surface area contributed by atoms with E-state index in [1.165, 1.54) is 12.8 Å². The first kappa shape index (κ1) is 14.5. The third kappa shape index (κ3) is 2.53. The summed E-state index contributed by atoms with van der Waals surface area (Å²) < 4.78 is 0. The fourth-order valence-corrected chi connectivity index (χ4v) is 4.85. The van der Waals surface area contributed by atoms with Crippen molar-refractivity contribution in [2.45, 2.75) is 57.0 Å². The average Bonchev–Trinajstić information content (AvgIpc) is 3.19. The number of hydrogen-bond acceptors (Lipinski definition) is 3. The molecular formula is C17H27N3O2. The van der Waals surface area contributed by atoms with Gasteiger partial charge in [0.05, 0.1) is 5.92 Å². The van der Waals surface area contributed by atoms with Gasteiger partial charge in [0.15, 0.2) is 0 Å². The van der Waals surface area contributed by atoms with E-state index in [-0.39, 0.29) is 23.9 Å². The van der Waals surface area contributed by atoms with E-state index in [0.29, 0.717) is 23.7 Å². The lowest BCUT2D eigenvalue weighted by Gasteiger charge is -2.34. The number of fused-ring (bicyclic) bond motifs is 2. The Balaban J connectivity index is 1.28. The van der Waals surface area contributed by atoms with Crippen LogP contribution in [0, 0.1) is 23.7 Å². The van der Waals surface area contributed by atoms with Crippen LogP contribution in [0.2, 0.25) is 0 Å². The van der Waals surface area contributed by atoms with E-state index in [9.17, 15) is 9.59 Å². The van der Waals surface area contributed by atoms with Crippen LogP contribution in [0.25, 0.3) is 0 Å². The number of carbonyl (C=O) groups is 2. The maximum Gasteiger partial charge on any atom is 0.225 e. The molecule has 3 N–H and O–H groups in total. The van der Waals surface area contributed by atoms with Crippen LogP contribution in [-0.4, -0.2) is 41.9 Å². The number of amides is 2. The Morgan fingerprint density at radius 1 is 0.955 bits per heavy atom. The zero-order valence-electron chi connectivity index (χ0n) is 13.2. The van der Waals surface area contributed by atoms with Gasteiger partial charge in [-0.2, -0.15) is 0 Å². The maximum absolute atomic E-state index is 12.6. The molecule has 1 heterocycles. The van der Waals surface area contributed by atoms with Crippen molar-refractivity contribution in [2.24, 2.45) is 29.4 Å². The summed E-state index contributed by atoms with van der Waals surface area (Å²) in [7, 11) is 0. The molecule has 4 fully saturated rings. The lowest BCUT2D eigenvalue weighted by atomic mass is 9.84. The van der Waals surface area contributed by atoms with Crippen LogP contribution in [0.15, 0.2) is 0 Å². The molecular weight excluding hydrogens is 278 g/mol. The highest BCUT2D eigenvalue weighted by atomic mass is 16.2. The first-order chi connectivity index (χ1) is 10.6. The largest absolute Gasteiger partial charge is 0.353 e. The molecule has 5 nitrogen and oxygen atoms in total. The van der Waals surface area contributed by atoms with Gasteiger partial charge in [-0.3, -0.25) is 9.59 Å². The van der Waals surface area contributed by atoms with Gasteiger partial charge >= 0.3 is 0 Å². The predicted molar refractivity (Wildman–Crippen MR) is 82.8 cm³/mol. The summed E-state index contributed by atoms with van der Waals surface area (Å²) >= 11 is 0. The van der Waals surface area contributed by atoms with Crippen LogP contribution >= 0.6 is 0 Å². The molecule has 0 spiro atoms. The molecule has 0 aromatic rings. The van der Waals surface area contributed by atoms with Gasteiger partial charge in [0, 0.05) is 31.1 Å². The van der Waals surface area contributed by atoms with Crippen molar-refractivity contribution in [3.63, 3.8) is 0 Å². The number of hydrogen-bond donors (Lipinski definition) is 2. The molecule has 0 aromatic heterocycles. The number of carbonyl (C=O) groups excluding carboxylic acids is 2. The van der Waals surface area contributed by atoms with Crippen molar-refractivity contribution in [2.75, 3.05) is 13.1 Å². The van der Waals surface area contributed by atoms with E-state index in [2.05, 4.69) is 5.32 Å². The van der Waals surface area contributed by atoms with Crippen molar-refractivity contribution >= 4 is 11.8 Å². The second kappa shape index (κ2) is 5.52. The van der Waals surface area contributed by atoms with Gasteiger partial charge in [-0.05, 0) is 56.8 Å². The molecule has 4 rings (SSSR count).